The molecule has 1 aromatic heterocycles. The maximum Gasteiger partial charge on any atom is 0.195 e. The van der Waals surface area contributed by atoms with Crippen LogP contribution in [0.3, 0.4) is 0 Å². The Morgan fingerprint density at radius 2 is 2.10 bits per heavy atom. The molecule has 2 heteroatoms. The molecule has 0 atom stereocenters. The van der Waals surface area contributed by atoms with Gasteiger partial charge >= 0.3 is 0 Å². The number of nitrogens with zero attached hydrogens (tertiary/aromatic N) is 1. The number of aromatic nitrogens is 1. The van der Waals surface area contributed by atoms with Crippen molar-refractivity contribution in [3.05, 3.63) is 37.1 Å². The van der Waals surface area contributed by atoms with Gasteiger partial charge in [0.05, 0.1) is 0 Å². The second-order valence-corrected chi connectivity index (χ2v) is 2.08. The maximum atomic E-state index is 5.15. The molecule has 0 aliphatic heterocycles. The molecule has 0 spiro atoms. The third kappa shape index (κ3) is 0.692. The minimum atomic E-state index is 0.473. The third-order valence-corrected chi connectivity index (χ3v) is 1.34. The Balaban J connectivity index is 2.88. The van der Waals surface area contributed by atoms with Crippen molar-refractivity contribution in [1.29, 1.82) is 0 Å². The van der Waals surface area contributed by atoms with Gasteiger partial charge in [0.15, 0.2) is 11.5 Å². The van der Waals surface area contributed by atoms with Gasteiger partial charge in [0.2, 0.25) is 0 Å². The van der Waals surface area contributed by atoms with E-state index in [0.717, 1.165) is 11.1 Å². The van der Waals surface area contributed by atoms with Crippen LogP contribution < -0.4 is 0 Å². The van der Waals surface area contributed by atoms with E-state index in [4.69, 9.17) is 4.42 Å². The van der Waals surface area contributed by atoms with Crippen LogP contribution in [-0.2, 0) is 0 Å². The van der Waals surface area contributed by atoms with Crippen LogP contribution in [0.2, 0.25) is 0 Å². The van der Waals surface area contributed by atoms with Crippen molar-refractivity contribution in [3.8, 4) is 0 Å². The second-order valence-electron chi connectivity index (χ2n) is 2.08. The summed E-state index contributed by atoms with van der Waals surface area (Å²) in [4.78, 5) is 4.04. The van der Waals surface area contributed by atoms with Crippen molar-refractivity contribution in [2.45, 2.75) is 0 Å². The SMILES string of the molecule is [CH2]c1nc2ccccc2o1. The van der Waals surface area contributed by atoms with Gasteiger partial charge in [-0.25, -0.2) is 4.98 Å². The molecule has 0 aliphatic carbocycles. The molecule has 0 saturated carbocycles. The van der Waals surface area contributed by atoms with Crippen molar-refractivity contribution < 1.29 is 4.42 Å². The van der Waals surface area contributed by atoms with Gasteiger partial charge in [-0.05, 0) is 12.1 Å². The monoisotopic (exact) mass is 132 g/mol. The fraction of sp³-hybridized carbons (Fsp3) is 0. The van der Waals surface area contributed by atoms with E-state index in [0.29, 0.717) is 5.89 Å². The Morgan fingerprint density at radius 3 is 2.90 bits per heavy atom. The molecule has 0 unspecified atom stereocenters. The van der Waals surface area contributed by atoms with E-state index in [2.05, 4.69) is 11.9 Å². The van der Waals surface area contributed by atoms with Gasteiger partial charge in [-0.1, -0.05) is 12.1 Å². The van der Waals surface area contributed by atoms with Crippen molar-refractivity contribution in [2.75, 3.05) is 0 Å². The molecular formula is C8H6NO. The van der Waals surface area contributed by atoms with E-state index in [1.807, 2.05) is 24.3 Å². The van der Waals surface area contributed by atoms with Gasteiger partial charge in [-0.15, -0.1) is 0 Å². The second kappa shape index (κ2) is 1.84. The molecule has 0 bridgehead atoms. The first-order valence-corrected chi connectivity index (χ1v) is 3.04. The van der Waals surface area contributed by atoms with E-state index >= 15 is 0 Å². The molecule has 0 amide bonds. The minimum Gasteiger partial charge on any atom is -0.441 e. The predicted molar refractivity (Wildman–Crippen MR) is 38.5 cm³/mol. The summed E-state index contributed by atoms with van der Waals surface area (Å²) < 4.78 is 5.15. The molecule has 0 saturated heterocycles. The number of oxazole rings is 1. The number of fused-ring (bicyclic) bond motifs is 1. The van der Waals surface area contributed by atoms with Gasteiger partial charge in [0, 0.05) is 6.92 Å². The van der Waals surface area contributed by atoms with Gasteiger partial charge in [0.1, 0.15) is 5.52 Å². The Hall–Kier alpha value is -1.31. The summed E-state index contributed by atoms with van der Waals surface area (Å²) in [7, 11) is 0. The number of rotatable bonds is 0. The quantitative estimate of drug-likeness (QED) is 0.548. The highest BCUT2D eigenvalue weighted by molar-refractivity contribution is 5.72. The normalized spacial score (nSPS) is 10.5. The summed E-state index contributed by atoms with van der Waals surface area (Å²) in [6.45, 7) is 3.58. The fourth-order valence-electron chi connectivity index (χ4n) is 0.920. The molecular weight excluding hydrogens is 126 g/mol. The van der Waals surface area contributed by atoms with E-state index in [-0.39, 0.29) is 0 Å². The Morgan fingerprint density at radius 1 is 1.30 bits per heavy atom. The molecule has 2 aromatic rings. The lowest BCUT2D eigenvalue weighted by Gasteiger charge is -1.79. The average Bonchev–Trinajstić information content (AvgIpc) is 2.27. The van der Waals surface area contributed by atoms with Gasteiger partial charge < -0.3 is 4.42 Å². The first-order valence-electron chi connectivity index (χ1n) is 3.04. The number of hydrogen-bond acceptors (Lipinski definition) is 2. The Kier molecular flexibility index (Phi) is 1.01. The summed E-state index contributed by atoms with van der Waals surface area (Å²) in [5, 5.41) is 0. The Labute approximate surface area is 58.5 Å². The highest BCUT2D eigenvalue weighted by atomic mass is 16.3. The van der Waals surface area contributed by atoms with E-state index < -0.39 is 0 Å². The summed E-state index contributed by atoms with van der Waals surface area (Å²) >= 11 is 0. The molecule has 49 valence electrons. The molecule has 1 heterocycles. The zero-order valence-electron chi connectivity index (χ0n) is 5.37. The zero-order valence-corrected chi connectivity index (χ0v) is 5.37. The first kappa shape index (κ1) is 5.47. The lowest BCUT2D eigenvalue weighted by molar-refractivity contribution is 0.579. The van der Waals surface area contributed by atoms with Crippen LogP contribution in [0.5, 0.6) is 0 Å². The van der Waals surface area contributed by atoms with E-state index in [9.17, 15) is 0 Å². The van der Waals surface area contributed by atoms with Crippen molar-refractivity contribution >= 4 is 11.1 Å². The average molecular weight is 132 g/mol. The maximum absolute atomic E-state index is 5.15. The van der Waals surface area contributed by atoms with Gasteiger partial charge in [0.25, 0.3) is 0 Å². The number of benzene rings is 1. The van der Waals surface area contributed by atoms with Crippen LogP contribution in [0.4, 0.5) is 0 Å². The largest absolute Gasteiger partial charge is 0.441 e. The highest BCUT2D eigenvalue weighted by Crippen LogP contribution is 2.12. The van der Waals surface area contributed by atoms with Crippen molar-refractivity contribution in [2.24, 2.45) is 0 Å². The summed E-state index contributed by atoms with van der Waals surface area (Å²) in [6, 6.07) is 7.60. The highest BCUT2D eigenvalue weighted by Gasteiger charge is 1.97. The minimum absolute atomic E-state index is 0.473. The zero-order chi connectivity index (χ0) is 6.97. The molecule has 2 nitrogen and oxygen atoms in total. The molecule has 10 heavy (non-hydrogen) atoms. The molecule has 0 fully saturated rings. The first-order chi connectivity index (χ1) is 4.86. The van der Waals surface area contributed by atoms with Crippen molar-refractivity contribution in [1.82, 2.24) is 4.98 Å². The predicted octanol–water partition coefficient (Wildman–Crippen LogP) is 2.01. The molecule has 1 radical (unpaired) electrons. The summed E-state index contributed by atoms with van der Waals surface area (Å²) in [5.41, 5.74) is 1.67. The van der Waals surface area contributed by atoms with E-state index in [1.54, 1.807) is 0 Å². The van der Waals surface area contributed by atoms with Crippen LogP contribution in [0.25, 0.3) is 11.1 Å². The smallest absolute Gasteiger partial charge is 0.195 e. The number of para-hydroxylation sites is 2. The van der Waals surface area contributed by atoms with Crippen LogP contribution in [0, 0.1) is 6.92 Å². The number of hydrogen-bond donors (Lipinski definition) is 0. The van der Waals surface area contributed by atoms with Crippen molar-refractivity contribution in [3.63, 3.8) is 0 Å². The molecule has 0 aliphatic rings. The topological polar surface area (TPSA) is 26.0 Å². The van der Waals surface area contributed by atoms with Crippen LogP contribution in [0.15, 0.2) is 28.7 Å². The Bertz CT molecular complexity index is 318. The molecule has 2 rings (SSSR count). The lowest BCUT2D eigenvalue weighted by atomic mass is 10.3. The van der Waals surface area contributed by atoms with Gasteiger partial charge in [-0.2, -0.15) is 0 Å². The van der Waals surface area contributed by atoms with Crippen LogP contribution in [0.1, 0.15) is 5.89 Å². The van der Waals surface area contributed by atoms with Crippen LogP contribution in [-0.4, -0.2) is 4.98 Å². The third-order valence-electron chi connectivity index (χ3n) is 1.34. The lowest BCUT2D eigenvalue weighted by Crippen LogP contribution is -1.65. The molecule has 1 aromatic carbocycles. The standard InChI is InChI=1S/C8H6NO/c1-6-9-7-4-2-3-5-8(7)10-6/h2-5H,1H2. The van der Waals surface area contributed by atoms with Gasteiger partial charge in [-0.3, -0.25) is 0 Å². The molecule has 0 N–H and O–H groups in total. The summed E-state index contributed by atoms with van der Waals surface area (Å²) in [5.74, 6) is 0.473. The summed E-state index contributed by atoms with van der Waals surface area (Å²) in [6.07, 6.45) is 0. The van der Waals surface area contributed by atoms with Crippen LogP contribution >= 0.6 is 0 Å². The van der Waals surface area contributed by atoms with E-state index in [1.165, 1.54) is 0 Å². The fourth-order valence-corrected chi connectivity index (χ4v) is 0.920.